The molecule has 0 atom stereocenters. The highest BCUT2D eigenvalue weighted by atomic mass is 32.2. The van der Waals surface area contributed by atoms with Crippen molar-refractivity contribution in [3.05, 3.63) is 24.0 Å². The Kier molecular flexibility index (Phi) is 3.85. The molecule has 0 radical (unpaired) electrons. The molecule has 0 aromatic carbocycles. The number of thiocarbonyl (C=S) groups is 1. The van der Waals surface area contributed by atoms with E-state index in [2.05, 4.69) is 9.71 Å². The van der Waals surface area contributed by atoms with Crippen molar-refractivity contribution in [1.29, 1.82) is 0 Å². The molecule has 0 unspecified atom stereocenters. The topological polar surface area (TPSA) is 85.1 Å². The number of sulfonamides is 1. The van der Waals surface area contributed by atoms with Gasteiger partial charge in [-0.2, -0.15) is 0 Å². The monoisotopic (exact) mass is 273 g/mol. The third-order valence-electron chi connectivity index (χ3n) is 1.73. The minimum Gasteiger partial charge on any atom is -0.388 e. The highest BCUT2D eigenvalue weighted by molar-refractivity contribution is 7.89. The molecule has 0 aliphatic rings. The summed E-state index contributed by atoms with van der Waals surface area (Å²) in [5, 5.41) is 0. The van der Waals surface area contributed by atoms with Crippen molar-refractivity contribution in [2.24, 2.45) is 5.73 Å². The van der Waals surface area contributed by atoms with E-state index < -0.39 is 15.6 Å². The minimum absolute atomic E-state index is 0.00225. The Balaban J connectivity index is 3.30. The molecular weight excluding hydrogens is 258 g/mol. The Morgan fingerprint density at radius 2 is 2.06 bits per heavy atom. The van der Waals surface area contributed by atoms with Crippen LogP contribution in [-0.4, -0.2) is 23.9 Å². The van der Waals surface area contributed by atoms with E-state index in [4.69, 9.17) is 18.0 Å². The van der Waals surface area contributed by atoms with Crippen LogP contribution < -0.4 is 10.5 Å². The summed E-state index contributed by atoms with van der Waals surface area (Å²) in [5.41, 5.74) is 4.98. The van der Waals surface area contributed by atoms with Crippen molar-refractivity contribution in [3.8, 4) is 0 Å². The number of nitrogens with two attached hydrogens (primary N) is 1. The Hall–Kier alpha value is -1.05. The summed E-state index contributed by atoms with van der Waals surface area (Å²) in [6.07, 6.45) is 1.45. The molecule has 5 nitrogen and oxygen atoms in total. The fourth-order valence-corrected chi connectivity index (χ4v) is 3.07. The fraction of sp³-hybridized carbons (Fsp3) is 0.400. The van der Waals surface area contributed by atoms with Crippen molar-refractivity contribution < 1.29 is 8.42 Å². The van der Waals surface area contributed by atoms with Crippen LogP contribution >= 0.6 is 12.2 Å². The molecule has 1 aromatic heterocycles. The van der Waals surface area contributed by atoms with E-state index in [0.29, 0.717) is 0 Å². The average molecular weight is 273 g/mol. The molecule has 0 aliphatic carbocycles. The van der Waals surface area contributed by atoms with Gasteiger partial charge in [0.05, 0.1) is 0 Å². The lowest BCUT2D eigenvalue weighted by atomic mass is 10.1. The molecular formula is C10H15N3O2S2. The quantitative estimate of drug-likeness (QED) is 0.795. The van der Waals surface area contributed by atoms with Crippen LogP contribution in [0.15, 0.2) is 23.2 Å². The Morgan fingerprint density at radius 1 is 1.47 bits per heavy atom. The van der Waals surface area contributed by atoms with Gasteiger partial charge in [-0.1, -0.05) is 12.2 Å². The maximum Gasteiger partial charge on any atom is 0.243 e. The first-order valence-electron chi connectivity index (χ1n) is 4.92. The lowest BCUT2D eigenvalue weighted by Crippen LogP contribution is -2.41. The zero-order valence-corrected chi connectivity index (χ0v) is 11.5. The van der Waals surface area contributed by atoms with Gasteiger partial charge in [-0.3, -0.25) is 4.98 Å². The van der Waals surface area contributed by atoms with E-state index in [1.54, 1.807) is 20.8 Å². The van der Waals surface area contributed by atoms with E-state index in [-0.39, 0.29) is 15.6 Å². The fourth-order valence-electron chi connectivity index (χ4n) is 1.25. The first-order valence-corrected chi connectivity index (χ1v) is 6.81. The molecule has 0 saturated heterocycles. The number of nitrogens with zero attached hydrogens (tertiary/aromatic N) is 1. The van der Waals surface area contributed by atoms with Gasteiger partial charge in [0.25, 0.3) is 0 Å². The Morgan fingerprint density at radius 3 is 2.53 bits per heavy atom. The Bertz CT molecular complexity index is 533. The molecule has 0 spiro atoms. The standard InChI is InChI=1S/C10H15N3O2S2/c1-10(2,3)13-17(14,15)7-5-4-6-12-8(7)9(11)16/h4-6,13H,1-3H3,(H2,11,16). The summed E-state index contributed by atoms with van der Waals surface area (Å²) < 4.78 is 26.7. The summed E-state index contributed by atoms with van der Waals surface area (Å²) in [7, 11) is -3.67. The largest absolute Gasteiger partial charge is 0.388 e. The molecule has 3 N–H and O–H groups in total. The van der Waals surface area contributed by atoms with Gasteiger partial charge in [-0.15, -0.1) is 0 Å². The number of hydrogen-bond donors (Lipinski definition) is 2. The number of rotatable bonds is 3. The summed E-state index contributed by atoms with van der Waals surface area (Å²) in [6.45, 7) is 5.25. The van der Waals surface area contributed by atoms with Crippen LogP contribution in [0.25, 0.3) is 0 Å². The first kappa shape index (κ1) is 14.0. The van der Waals surface area contributed by atoms with Crippen molar-refractivity contribution in [1.82, 2.24) is 9.71 Å². The van der Waals surface area contributed by atoms with Crippen molar-refractivity contribution in [3.63, 3.8) is 0 Å². The maximum absolute atomic E-state index is 12.1. The van der Waals surface area contributed by atoms with Gasteiger partial charge >= 0.3 is 0 Å². The smallest absolute Gasteiger partial charge is 0.243 e. The molecule has 0 amide bonds. The van der Waals surface area contributed by atoms with Crippen molar-refractivity contribution in [2.75, 3.05) is 0 Å². The van der Waals surface area contributed by atoms with Gasteiger partial charge in [0.2, 0.25) is 10.0 Å². The van der Waals surface area contributed by atoms with Crippen molar-refractivity contribution >= 4 is 27.2 Å². The molecule has 0 fully saturated rings. The second-order valence-electron chi connectivity index (χ2n) is 4.57. The molecule has 17 heavy (non-hydrogen) atoms. The van der Waals surface area contributed by atoms with Crippen molar-refractivity contribution in [2.45, 2.75) is 31.2 Å². The third-order valence-corrected chi connectivity index (χ3v) is 3.72. The van der Waals surface area contributed by atoms with Crippen LogP contribution in [0.3, 0.4) is 0 Å². The molecule has 1 heterocycles. The zero-order valence-electron chi connectivity index (χ0n) is 9.89. The average Bonchev–Trinajstić information content (AvgIpc) is 2.14. The minimum atomic E-state index is -3.67. The number of nitrogens with one attached hydrogen (secondary N) is 1. The van der Waals surface area contributed by atoms with Gasteiger partial charge in [0.15, 0.2) is 0 Å². The van der Waals surface area contributed by atoms with E-state index in [1.807, 2.05) is 0 Å². The molecule has 7 heteroatoms. The van der Waals surface area contributed by atoms with E-state index >= 15 is 0 Å². The molecule has 94 valence electrons. The van der Waals surface area contributed by atoms with Gasteiger partial charge in [0.1, 0.15) is 15.6 Å². The van der Waals surface area contributed by atoms with E-state index in [9.17, 15) is 8.42 Å². The van der Waals surface area contributed by atoms with Gasteiger partial charge in [0, 0.05) is 11.7 Å². The summed E-state index contributed by atoms with van der Waals surface area (Å²) in [4.78, 5) is 3.85. The highest BCUT2D eigenvalue weighted by Crippen LogP contribution is 2.15. The van der Waals surface area contributed by atoms with Crippen LogP contribution in [0, 0.1) is 0 Å². The van der Waals surface area contributed by atoms with Crippen LogP contribution in [0.4, 0.5) is 0 Å². The molecule has 0 bridgehead atoms. The second kappa shape index (κ2) is 4.67. The lowest BCUT2D eigenvalue weighted by Gasteiger charge is -2.21. The lowest BCUT2D eigenvalue weighted by molar-refractivity contribution is 0.491. The summed E-state index contributed by atoms with van der Waals surface area (Å²) in [5.74, 6) is 0. The highest BCUT2D eigenvalue weighted by Gasteiger charge is 2.25. The number of hydrogen-bond acceptors (Lipinski definition) is 4. The van der Waals surface area contributed by atoms with Crippen LogP contribution in [0.1, 0.15) is 26.5 Å². The van der Waals surface area contributed by atoms with Gasteiger partial charge < -0.3 is 5.73 Å². The normalized spacial score (nSPS) is 12.4. The first-order chi connectivity index (χ1) is 7.63. The SMILES string of the molecule is CC(C)(C)NS(=O)(=O)c1cccnc1C(N)=S. The number of pyridine rings is 1. The van der Waals surface area contributed by atoms with Crippen LogP contribution in [-0.2, 0) is 10.0 Å². The third kappa shape index (κ3) is 3.72. The van der Waals surface area contributed by atoms with Crippen LogP contribution in [0.5, 0.6) is 0 Å². The summed E-state index contributed by atoms with van der Waals surface area (Å²) >= 11 is 4.78. The zero-order chi connectivity index (χ0) is 13.3. The van der Waals surface area contributed by atoms with E-state index in [0.717, 1.165) is 0 Å². The summed E-state index contributed by atoms with van der Waals surface area (Å²) in [6, 6.07) is 2.95. The second-order valence-corrected chi connectivity index (χ2v) is 6.66. The molecule has 0 saturated carbocycles. The van der Waals surface area contributed by atoms with Gasteiger partial charge in [-0.05, 0) is 32.9 Å². The molecule has 0 aliphatic heterocycles. The molecule has 1 rings (SSSR count). The number of aromatic nitrogens is 1. The predicted octanol–water partition coefficient (Wildman–Crippen LogP) is 0.793. The van der Waals surface area contributed by atoms with Crippen LogP contribution in [0.2, 0.25) is 0 Å². The Labute approximate surface area is 106 Å². The van der Waals surface area contributed by atoms with Gasteiger partial charge in [-0.25, -0.2) is 13.1 Å². The predicted molar refractivity (Wildman–Crippen MR) is 70.2 cm³/mol. The maximum atomic E-state index is 12.1. The molecule has 1 aromatic rings. The van der Waals surface area contributed by atoms with E-state index in [1.165, 1.54) is 18.3 Å².